The van der Waals surface area contributed by atoms with E-state index in [0.717, 1.165) is 49.4 Å². The highest BCUT2D eigenvalue weighted by Crippen LogP contribution is 2.27. The van der Waals surface area contributed by atoms with Crippen LogP contribution < -0.4 is 15.0 Å². The van der Waals surface area contributed by atoms with Gasteiger partial charge in [-0.05, 0) is 30.3 Å². The first-order valence-corrected chi connectivity index (χ1v) is 11.9. The predicted octanol–water partition coefficient (Wildman–Crippen LogP) is 3.86. The highest BCUT2D eigenvalue weighted by atomic mass is 16.5. The molecule has 0 atom stereocenters. The second-order valence-electron chi connectivity index (χ2n) is 8.59. The number of carbonyl (C=O) groups excluding carboxylic acids is 1. The number of fused-ring (bicyclic) bond motifs is 1. The van der Waals surface area contributed by atoms with Crippen LogP contribution in [0.1, 0.15) is 10.4 Å². The number of methoxy groups -OCH3 is 1. The van der Waals surface area contributed by atoms with Gasteiger partial charge in [0.15, 0.2) is 0 Å². The molecule has 1 aliphatic heterocycles. The molecular weight excluding hydrogens is 438 g/mol. The molecule has 1 aliphatic rings. The van der Waals surface area contributed by atoms with Crippen molar-refractivity contribution >= 4 is 22.5 Å². The molecule has 5 rings (SSSR count). The summed E-state index contributed by atoms with van der Waals surface area (Å²) in [6.45, 7) is 5.20. The summed E-state index contributed by atoms with van der Waals surface area (Å²) in [5.74, 6) is 0.752. The third-order valence-corrected chi connectivity index (χ3v) is 6.47. The van der Waals surface area contributed by atoms with Crippen LogP contribution in [0.3, 0.4) is 0 Å². The molecule has 0 unspecified atom stereocenters. The van der Waals surface area contributed by atoms with Crippen molar-refractivity contribution in [3.8, 4) is 17.0 Å². The first-order valence-electron chi connectivity index (χ1n) is 11.9. The summed E-state index contributed by atoms with van der Waals surface area (Å²) < 4.78 is 5.26. The molecule has 2 heterocycles. The van der Waals surface area contributed by atoms with E-state index in [1.165, 1.54) is 5.69 Å². The van der Waals surface area contributed by atoms with Gasteiger partial charge in [0.05, 0.1) is 18.2 Å². The molecule has 1 amide bonds. The first-order chi connectivity index (χ1) is 17.2. The number of nitrogens with zero attached hydrogens (tertiary/aromatic N) is 4. The number of amides is 1. The second kappa shape index (κ2) is 10.5. The van der Waals surface area contributed by atoms with Gasteiger partial charge in [-0.15, -0.1) is 10.2 Å². The summed E-state index contributed by atoms with van der Waals surface area (Å²) in [6.07, 6.45) is 0. The summed E-state index contributed by atoms with van der Waals surface area (Å²) in [4.78, 5) is 18.1. The molecule has 1 aromatic heterocycles. The van der Waals surface area contributed by atoms with Crippen LogP contribution in [0.15, 0.2) is 78.9 Å². The van der Waals surface area contributed by atoms with E-state index < -0.39 is 0 Å². The molecule has 1 saturated heterocycles. The Kier molecular flexibility index (Phi) is 6.86. The highest BCUT2D eigenvalue weighted by molar-refractivity contribution is 6.10. The summed E-state index contributed by atoms with van der Waals surface area (Å²) in [5, 5.41) is 12.7. The lowest BCUT2D eigenvalue weighted by Crippen LogP contribution is -2.48. The fourth-order valence-corrected chi connectivity index (χ4v) is 4.52. The van der Waals surface area contributed by atoms with Gasteiger partial charge in [-0.1, -0.05) is 48.5 Å². The molecule has 1 fully saturated rings. The van der Waals surface area contributed by atoms with Gasteiger partial charge in [0.2, 0.25) is 0 Å². The van der Waals surface area contributed by atoms with E-state index in [2.05, 4.69) is 37.4 Å². The lowest BCUT2D eigenvalue weighted by molar-refractivity contribution is 0.0949. The van der Waals surface area contributed by atoms with Crippen LogP contribution in [-0.4, -0.2) is 67.4 Å². The largest absolute Gasteiger partial charge is 0.497 e. The Morgan fingerprint density at radius 2 is 1.60 bits per heavy atom. The van der Waals surface area contributed by atoms with Gasteiger partial charge in [-0.25, -0.2) is 0 Å². The minimum Gasteiger partial charge on any atom is -0.497 e. The van der Waals surface area contributed by atoms with Crippen LogP contribution in [0, 0.1) is 0 Å². The molecule has 0 bridgehead atoms. The number of anilines is 1. The molecule has 178 valence electrons. The van der Waals surface area contributed by atoms with Crippen LogP contribution in [0.5, 0.6) is 5.75 Å². The van der Waals surface area contributed by atoms with Gasteiger partial charge in [0.25, 0.3) is 5.91 Å². The second-order valence-corrected chi connectivity index (χ2v) is 8.59. The summed E-state index contributed by atoms with van der Waals surface area (Å²) in [6, 6.07) is 25.6. The summed E-state index contributed by atoms with van der Waals surface area (Å²) >= 11 is 0. The molecule has 1 N–H and O–H groups in total. The van der Waals surface area contributed by atoms with Crippen molar-refractivity contribution < 1.29 is 9.53 Å². The standard InChI is InChI=1S/C28H29N5O2/c1-35-23-13-11-22(12-14-23)33-19-17-32(18-20-33)16-15-29-28(34)26-24-9-5-6-10-25(24)30-31-27(26)21-7-3-2-4-8-21/h2-14H,15-20H2,1H3,(H,29,34). The van der Waals surface area contributed by atoms with Crippen LogP contribution in [-0.2, 0) is 0 Å². The number of hydrogen-bond acceptors (Lipinski definition) is 6. The van der Waals surface area contributed by atoms with Crippen molar-refractivity contribution in [2.75, 3.05) is 51.3 Å². The normalized spacial score (nSPS) is 14.1. The van der Waals surface area contributed by atoms with E-state index in [-0.39, 0.29) is 5.91 Å². The van der Waals surface area contributed by atoms with Gasteiger partial charge in [-0.2, -0.15) is 0 Å². The minimum atomic E-state index is -0.119. The molecule has 4 aromatic rings. The molecule has 0 aliphatic carbocycles. The van der Waals surface area contributed by atoms with E-state index in [4.69, 9.17) is 4.74 Å². The number of aromatic nitrogens is 2. The molecule has 7 heteroatoms. The molecule has 7 nitrogen and oxygen atoms in total. The van der Waals surface area contributed by atoms with Crippen molar-refractivity contribution in [3.63, 3.8) is 0 Å². The molecular formula is C28H29N5O2. The van der Waals surface area contributed by atoms with Gasteiger partial charge >= 0.3 is 0 Å². The molecule has 35 heavy (non-hydrogen) atoms. The lowest BCUT2D eigenvalue weighted by Gasteiger charge is -2.36. The third kappa shape index (κ3) is 5.10. The number of rotatable bonds is 7. The Hall–Kier alpha value is -3.97. The maximum Gasteiger partial charge on any atom is 0.254 e. The van der Waals surface area contributed by atoms with Crippen molar-refractivity contribution in [1.82, 2.24) is 20.4 Å². The smallest absolute Gasteiger partial charge is 0.254 e. The van der Waals surface area contributed by atoms with Crippen LogP contribution >= 0.6 is 0 Å². The Balaban J connectivity index is 1.22. The van der Waals surface area contributed by atoms with Gasteiger partial charge in [0, 0.05) is 55.9 Å². The molecule has 0 saturated carbocycles. The Morgan fingerprint density at radius 1 is 0.886 bits per heavy atom. The maximum absolute atomic E-state index is 13.4. The zero-order valence-corrected chi connectivity index (χ0v) is 19.9. The minimum absolute atomic E-state index is 0.119. The zero-order chi connectivity index (χ0) is 24.0. The topological polar surface area (TPSA) is 70.6 Å². The summed E-state index contributed by atoms with van der Waals surface area (Å²) in [7, 11) is 1.68. The quantitative estimate of drug-likeness (QED) is 0.445. The average molecular weight is 468 g/mol. The van der Waals surface area contributed by atoms with Crippen molar-refractivity contribution in [3.05, 3.63) is 84.4 Å². The van der Waals surface area contributed by atoms with Gasteiger partial charge in [-0.3, -0.25) is 9.69 Å². The number of hydrogen-bond donors (Lipinski definition) is 1. The van der Waals surface area contributed by atoms with Crippen LogP contribution in [0.4, 0.5) is 5.69 Å². The van der Waals surface area contributed by atoms with E-state index in [9.17, 15) is 4.79 Å². The Labute approximate surface area is 205 Å². The highest BCUT2D eigenvalue weighted by Gasteiger charge is 2.20. The molecule has 3 aromatic carbocycles. The molecule has 0 spiro atoms. The number of carbonyl (C=O) groups is 1. The van der Waals surface area contributed by atoms with Crippen LogP contribution in [0.25, 0.3) is 22.2 Å². The number of piperazine rings is 1. The van der Waals surface area contributed by atoms with E-state index in [1.54, 1.807) is 7.11 Å². The Morgan fingerprint density at radius 3 is 2.34 bits per heavy atom. The van der Waals surface area contributed by atoms with Crippen molar-refractivity contribution in [2.45, 2.75) is 0 Å². The number of ether oxygens (including phenoxy) is 1. The first kappa shape index (κ1) is 22.8. The summed E-state index contributed by atoms with van der Waals surface area (Å²) in [5.41, 5.74) is 3.99. The van der Waals surface area contributed by atoms with Gasteiger partial charge < -0.3 is 15.0 Å². The van der Waals surface area contributed by atoms with Gasteiger partial charge in [0.1, 0.15) is 11.4 Å². The van der Waals surface area contributed by atoms with Crippen LogP contribution in [0.2, 0.25) is 0 Å². The zero-order valence-electron chi connectivity index (χ0n) is 19.9. The average Bonchev–Trinajstić information content (AvgIpc) is 2.93. The third-order valence-electron chi connectivity index (χ3n) is 6.47. The van der Waals surface area contributed by atoms with E-state index in [1.807, 2.05) is 66.7 Å². The van der Waals surface area contributed by atoms with Crippen molar-refractivity contribution in [1.29, 1.82) is 0 Å². The maximum atomic E-state index is 13.4. The fourth-order valence-electron chi connectivity index (χ4n) is 4.52. The van der Waals surface area contributed by atoms with Crippen molar-refractivity contribution in [2.24, 2.45) is 0 Å². The monoisotopic (exact) mass is 467 g/mol. The molecule has 0 radical (unpaired) electrons. The number of benzene rings is 3. The van der Waals surface area contributed by atoms with E-state index in [0.29, 0.717) is 23.3 Å². The predicted molar refractivity (Wildman–Crippen MR) is 139 cm³/mol. The lowest BCUT2D eigenvalue weighted by atomic mass is 10.0. The Bertz CT molecular complexity index is 1290. The van der Waals surface area contributed by atoms with E-state index >= 15 is 0 Å². The fraction of sp³-hybridized carbons (Fsp3) is 0.250. The SMILES string of the molecule is COc1ccc(N2CCN(CCNC(=O)c3c(-c4ccccc4)nnc4ccccc34)CC2)cc1. The number of nitrogens with one attached hydrogen (secondary N) is 1.